The number of methoxy groups -OCH3 is 1. The summed E-state index contributed by atoms with van der Waals surface area (Å²) >= 11 is 0. The quantitative estimate of drug-likeness (QED) is 0.772. The molecule has 0 atom stereocenters. The topological polar surface area (TPSA) is 74.4 Å². The number of nitrogens with zero attached hydrogens (tertiary/aromatic N) is 1. The van der Waals surface area contributed by atoms with E-state index in [0.717, 1.165) is 22.2 Å². The molecule has 25 heavy (non-hydrogen) atoms. The van der Waals surface area contributed by atoms with Gasteiger partial charge in [-0.05, 0) is 23.8 Å². The van der Waals surface area contributed by atoms with Crippen molar-refractivity contribution in [1.29, 1.82) is 0 Å². The first-order chi connectivity index (χ1) is 12.2. The van der Waals surface area contributed by atoms with Crippen LogP contribution in [0.4, 0.5) is 5.69 Å². The van der Waals surface area contributed by atoms with Gasteiger partial charge in [0.15, 0.2) is 0 Å². The van der Waals surface area contributed by atoms with E-state index in [1.807, 2.05) is 48.5 Å². The predicted octanol–water partition coefficient (Wildman–Crippen LogP) is 2.45. The Morgan fingerprint density at radius 3 is 2.60 bits per heavy atom. The second-order valence-corrected chi connectivity index (χ2v) is 5.90. The van der Waals surface area contributed by atoms with Gasteiger partial charge in [0.25, 0.3) is 5.91 Å². The maximum atomic E-state index is 12.7. The number of ether oxygens (including phenoxy) is 1. The Bertz CT molecular complexity index is 960. The molecule has 1 aromatic heterocycles. The van der Waals surface area contributed by atoms with Gasteiger partial charge in [-0.15, -0.1) is 0 Å². The van der Waals surface area contributed by atoms with Crippen LogP contribution < -0.4 is 15.0 Å². The molecule has 0 spiro atoms. The second-order valence-electron chi connectivity index (χ2n) is 5.90. The number of nitrogens with one attached hydrogen (secondary N) is 2. The van der Waals surface area contributed by atoms with E-state index < -0.39 is 0 Å². The third kappa shape index (κ3) is 2.61. The minimum atomic E-state index is -0.267. The number of aromatic nitrogens is 1. The van der Waals surface area contributed by atoms with Crippen LogP contribution in [0.15, 0.2) is 48.5 Å². The SMILES string of the molecule is COc1ccc(CN2C(=O)CNC(=O)c3[nH]c4ccccc4c32)cc1. The number of amides is 2. The average Bonchev–Trinajstić information content (AvgIpc) is 2.99. The zero-order chi connectivity index (χ0) is 17.4. The van der Waals surface area contributed by atoms with E-state index in [2.05, 4.69) is 10.3 Å². The summed E-state index contributed by atoms with van der Waals surface area (Å²) < 4.78 is 5.18. The van der Waals surface area contributed by atoms with Crippen LogP contribution in [0.3, 0.4) is 0 Å². The van der Waals surface area contributed by atoms with Crippen LogP contribution >= 0.6 is 0 Å². The predicted molar refractivity (Wildman–Crippen MR) is 94.8 cm³/mol. The highest BCUT2D eigenvalue weighted by Crippen LogP contribution is 2.33. The number of rotatable bonds is 3. The fourth-order valence-electron chi connectivity index (χ4n) is 3.12. The minimum absolute atomic E-state index is 0.0220. The molecular formula is C19H17N3O3. The first-order valence-corrected chi connectivity index (χ1v) is 7.99. The molecule has 6 heteroatoms. The Hall–Kier alpha value is -3.28. The number of benzene rings is 2. The van der Waals surface area contributed by atoms with Gasteiger partial charge in [0, 0.05) is 10.9 Å². The third-order valence-corrected chi connectivity index (χ3v) is 4.38. The van der Waals surface area contributed by atoms with E-state index in [-0.39, 0.29) is 18.4 Å². The van der Waals surface area contributed by atoms with Crippen LogP contribution in [-0.4, -0.2) is 30.5 Å². The molecule has 0 radical (unpaired) electrons. The van der Waals surface area contributed by atoms with Crippen molar-refractivity contribution in [2.75, 3.05) is 18.6 Å². The molecule has 3 aromatic rings. The van der Waals surface area contributed by atoms with E-state index in [1.54, 1.807) is 12.0 Å². The number of aromatic amines is 1. The second kappa shape index (κ2) is 5.98. The Labute approximate surface area is 144 Å². The van der Waals surface area contributed by atoms with Crippen molar-refractivity contribution < 1.29 is 14.3 Å². The molecule has 126 valence electrons. The van der Waals surface area contributed by atoms with Crippen LogP contribution in [0.5, 0.6) is 5.75 Å². The molecule has 0 unspecified atom stereocenters. The summed E-state index contributed by atoms with van der Waals surface area (Å²) in [4.78, 5) is 29.8. The molecule has 4 rings (SSSR count). The van der Waals surface area contributed by atoms with Gasteiger partial charge in [-0.3, -0.25) is 9.59 Å². The molecule has 0 aliphatic carbocycles. The number of hydrogen-bond donors (Lipinski definition) is 2. The van der Waals surface area contributed by atoms with Gasteiger partial charge < -0.3 is 19.9 Å². The van der Waals surface area contributed by atoms with Crippen molar-refractivity contribution in [3.05, 3.63) is 59.8 Å². The lowest BCUT2D eigenvalue weighted by atomic mass is 10.1. The van der Waals surface area contributed by atoms with Crippen LogP contribution in [0, 0.1) is 0 Å². The van der Waals surface area contributed by atoms with Gasteiger partial charge in [-0.1, -0.05) is 30.3 Å². The van der Waals surface area contributed by atoms with Crippen molar-refractivity contribution in [1.82, 2.24) is 10.3 Å². The molecule has 0 bridgehead atoms. The Kier molecular flexibility index (Phi) is 3.65. The Morgan fingerprint density at radius 1 is 1.08 bits per heavy atom. The first-order valence-electron chi connectivity index (χ1n) is 7.99. The largest absolute Gasteiger partial charge is 0.497 e. The standard InChI is InChI=1S/C19H17N3O3/c1-25-13-8-6-12(7-9-13)11-22-16(23)10-20-19(24)17-18(22)14-4-2-3-5-15(14)21-17/h2-9,21H,10-11H2,1H3,(H,20,24). The zero-order valence-electron chi connectivity index (χ0n) is 13.7. The highest BCUT2D eigenvalue weighted by atomic mass is 16.5. The van der Waals surface area contributed by atoms with Crippen LogP contribution in [-0.2, 0) is 11.3 Å². The van der Waals surface area contributed by atoms with Gasteiger partial charge >= 0.3 is 0 Å². The van der Waals surface area contributed by atoms with E-state index in [1.165, 1.54) is 0 Å². The lowest BCUT2D eigenvalue weighted by molar-refractivity contribution is -0.117. The van der Waals surface area contributed by atoms with Gasteiger partial charge in [0.2, 0.25) is 5.91 Å². The summed E-state index contributed by atoms with van der Waals surface area (Å²) in [6.45, 7) is 0.360. The van der Waals surface area contributed by atoms with Gasteiger partial charge in [-0.25, -0.2) is 0 Å². The first kappa shape index (κ1) is 15.3. The molecular weight excluding hydrogens is 318 g/mol. The highest BCUT2D eigenvalue weighted by molar-refractivity contribution is 6.16. The summed E-state index contributed by atoms with van der Waals surface area (Å²) in [5, 5.41) is 3.52. The number of fused-ring (bicyclic) bond motifs is 3. The van der Waals surface area contributed by atoms with Gasteiger partial charge in [0.05, 0.1) is 25.9 Å². The highest BCUT2D eigenvalue weighted by Gasteiger charge is 2.30. The maximum Gasteiger partial charge on any atom is 0.270 e. The lowest BCUT2D eigenvalue weighted by Crippen LogP contribution is -2.36. The maximum absolute atomic E-state index is 12.7. The number of carbonyl (C=O) groups is 2. The zero-order valence-corrected chi connectivity index (χ0v) is 13.7. The van der Waals surface area contributed by atoms with E-state index in [0.29, 0.717) is 17.9 Å². The Balaban J connectivity index is 1.81. The fourth-order valence-corrected chi connectivity index (χ4v) is 3.12. The smallest absolute Gasteiger partial charge is 0.270 e. The minimum Gasteiger partial charge on any atom is -0.497 e. The number of anilines is 1. The molecule has 2 N–H and O–H groups in total. The lowest BCUT2D eigenvalue weighted by Gasteiger charge is -2.21. The third-order valence-electron chi connectivity index (χ3n) is 4.38. The van der Waals surface area contributed by atoms with Crippen molar-refractivity contribution in [3.8, 4) is 5.75 Å². The number of para-hydroxylation sites is 1. The summed E-state index contributed by atoms with van der Waals surface area (Å²) in [6.07, 6.45) is 0. The van der Waals surface area contributed by atoms with E-state index in [9.17, 15) is 9.59 Å². The van der Waals surface area contributed by atoms with Crippen LogP contribution in [0.25, 0.3) is 10.9 Å². The monoisotopic (exact) mass is 335 g/mol. The van der Waals surface area contributed by atoms with Crippen molar-refractivity contribution in [3.63, 3.8) is 0 Å². The number of H-pyrrole nitrogens is 1. The summed E-state index contributed by atoms with van der Waals surface area (Å²) in [5.74, 6) is 0.347. The van der Waals surface area contributed by atoms with Crippen LogP contribution in [0.2, 0.25) is 0 Å². The molecule has 0 saturated carbocycles. The number of carbonyl (C=O) groups excluding carboxylic acids is 2. The molecule has 2 heterocycles. The molecule has 0 fully saturated rings. The molecule has 2 amide bonds. The molecule has 1 aliphatic rings. The van der Waals surface area contributed by atoms with E-state index >= 15 is 0 Å². The molecule has 0 saturated heterocycles. The van der Waals surface area contributed by atoms with Gasteiger partial charge in [-0.2, -0.15) is 0 Å². The summed E-state index contributed by atoms with van der Waals surface area (Å²) in [7, 11) is 1.61. The summed E-state index contributed by atoms with van der Waals surface area (Å²) in [5.41, 5.74) is 2.84. The normalized spacial score (nSPS) is 14.2. The molecule has 2 aromatic carbocycles. The fraction of sp³-hybridized carbons (Fsp3) is 0.158. The Morgan fingerprint density at radius 2 is 1.84 bits per heavy atom. The van der Waals surface area contributed by atoms with Crippen molar-refractivity contribution in [2.24, 2.45) is 0 Å². The van der Waals surface area contributed by atoms with Crippen molar-refractivity contribution >= 4 is 28.4 Å². The molecule has 1 aliphatic heterocycles. The van der Waals surface area contributed by atoms with Crippen molar-refractivity contribution in [2.45, 2.75) is 6.54 Å². The van der Waals surface area contributed by atoms with Crippen LogP contribution in [0.1, 0.15) is 16.1 Å². The molecule has 6 nitrogen and oxygen atoms in total. The van der Waals surface area contributed by atoms with Gasteiger partial charge in [0.1, 0.15) is 11.4 Å². The average molecular weight is 335 g/mol. The number of hydrogen-bond acceptors (Lipinski definition) is 3. The summed E-state index contributed by atoms with van der Waals surface area (Å²) in [6, 6.07) is 15.2. The van der Waals surface area contributed by atoms with E-state index in [4.69, 9.17) is 4.74 Å².